The minimum Gasteiger partial charge on any atom is -0.294 e. The molecule has 0 aliphatic heterocycles. The smallest absolute Gasteiger partial charge is 0.167 e. The lowest BCUT2D eigenvalue weighted by atomic mass is 9.45. The lowest BCUT2D eigenvalue weighted by molar-refractivity contribution is -0.126. The Morgan fingerprint density at radius 1 is 1.06 bits per heavy atom. The summed E-state index contributed by atoms with van der Waals surface area (Å²) in [4.78, 5) is 12.0. The van der Waals surface area contributed by atoms with Gasteiger partial charge >= 0.3 is 0 Å². The van der Waals surface area contributed by atoms with Crippen molar-refractivity contribution in [2.45, 2.75) is 46.5 Å². The van der Waals surface area contributed by atoms with Crippen LogP contribution >= 0.6 is 0 Å². The summed E-state index contributed by atoms with van der Waals surface area (Å²) in [6.45, 7) is 6.69. The third kappa shape index (κ3) is 0.952. The van der Waals surface area contributed by atoms with Gasteiger partial charge in [0.2, 0.25) is 0 Å². The summed E-state index contributed by atoms with van der Waals surface area (Å²) in [5.41, 5.74) is 5.70. The highest BCUT2D eigenvalue weighted by atomic mass is 16.1. The van der Waals surface area contributed by atoms with Crippen LogP contribution in [0.1, 0.15) is 46.5 Å². The molecule has 0 spiro atoms. The molecular formula is C15H20O. The van der Waals surface area contributed by atoms with Crippen LogP contribution in [0.2, 0.25) is 0 Å². The Hall–Kier alpha value is -0.850. The first-order valence-electron chi connectivity index (χ1n) is 6.71. The highest BCUT2D eigenvalue weighted by molar-refractivity contribution is 6.12. The number of carbonyl (C=O) groups is 1. The van der Waals surface area contributed by atoms with Gasteiger partial charge in [0.25, 0.3) is 0 Å². The minimum atomic E-state index is 0.309. The van der Waals surface area contributed by atoms with Crippen LogP contribution in [0.3, 0.4) is 0 Å². The van der Waals surface area contributed by atoms with Crippen molar-refractivity contribution in [1.82, 2.24) is 0 Å². The fourth-order valence-electron chi connectivity index (χ4n) is 4.10. The van der Waals surface area contributed by atoms with Gasteiger partial charge in [-0.25, -0.2) is 0 Å². The molecule has 4 bridgehead atoms. The molecule has 6 aliphatic rings. The van der Waals surface area contributed by atoms with Gasteiger partial charge in [0.05, 0.1) is 5.92 Å². The Labute approximate surface area is 97.6 Å². The van der Waals surface area contributed by atoms with Crippen LogP contribution < -0.4 is 0 Å². The molecule has 0 aromatic heterocycles. The van der Waals surface area contributed by atoms with Gasteiger partial charge in [-0.05, 0) is 36.5 Å². The molecule has 0 heterocycles. The third-order valence-corrected chi connectivity index (χ3v) is 4.68. The Bertz CT molecular complexity index is 425. The number of carbonyl (C=O) groups excluding carboxylic acids is 1. The molecule has 6 aliphatic carbocycles. The lowest BCUT2D eigenvalue weighted by Gasteiger charge is -2.56. The molecular weight excluding hydrogens is 196 g/mol. The van der Waals surface area contributed by atoms with Gasteiger partial charge < -0.3 is 0 Å². The van der Waals surface area contributed by atoms with E-state index < -0.39 is 0 Å². The summed E-state index contributed by atoms with van der Waals surface area (Å²) in [5, 5.41) is 0. The second-order valence-electron chi connectivity index (χ2n) is 5.49. The van der Waals surface area contributed by atoms with Gasteiger partial charge in [0, 0.05) is 17.4 Å². The maximum atomic E-state index is 12.0. The number of rotatable bonds is 4. The predicted octanol–water partition coefficient (Wildman–Crippen LogP) is 3.66. The maximum absolute atomic E-state index is 12.0. The van der Waals surface area contributed by atoms with Crippen LogP contribution in [0.15, 0.2) is 22.3 Å². The van der Waals surface area contributed by atoms with Crippen LogP contribution in [-0.4, -0.2) is 5.78 Å². The zero-order valence-electron chi connectivity index (χ0n) is 10.5. The van der Waals surface area contributed by atoms with Crippen molar-refractivity contribution < 1.29 is 4.79 Å². The summed E-state index contributed by atoms with van der Waals surface area (Å²) in [7, 11) is 0. The van der Waals surface area contributed by atoms with E-state index in [0.29, 0.717) is 23.5 Å². The number of ketones is 1. The van der Waals surface area contributed by atoms with Crippen molar-refractivity contribution in [3.05, 3.63) is 22.3 Å². The zero-order valence-corrected chi connectivity index (χ0v) is 10.5. The first kappa shape index (κ1) is 10.3. The van der Waals surface area contributed by atoms with E-state index in [2.05, 4.69) is 20.8 Å². The van der Waals surface area contributed by atoms with E-state index >= 15 is 0 Å². The second-order valence-corrected chi connectivity index (χ2v) is 5.49. The topological polar surface area (TPSA) is 17.1 Å². The van der Waals surface area contributed by atoms with E-state index in [0.717, 1.165) is 0 Å². The predicted molar refractivity (Wildman–Crippen MR) is 65.0 cm³/mol. The highest BCUT2D eigenvalue weighted by Gasteiger charge is 2.59. The Morgan fingerprint density at radius 2 is 1.75 bits per heavy atom. The molecule has 1 nitrogen and oxygen atoms in total. The summed E-state index contributed by atoms with van der Waals surface area (Å²) < 4.78 is 0. The van der Waals surface area contributed by atoms with Crippen molar-refractivity contribution in [2.75, 3.05) is 0 Å². The van der Waals surface area contributed by atoms with Crippen molar-refractivity contribution in [1.29, 1.82) is 0 Å². The summed E-state index contributed by atoms with van der Waals surface area (Å²) >= 11 is 0. The first-order valence-corrected chi connectivity index (χ1v) is 6.71. The van der Waals surface area contributed by atoms with Gasteiger partial charge in [-0.3, -0.25) is 4.79 Å². The Morgan fingerprint density at radius 3 is 2.25 bits per heavy atom. The molecule has 16 heavy (non-hydrogen) atoms. The van der Waals surface area contributed by atoms with Crippen LogP contribution in [0, 0.1) is 17.8 Å². The summed E-state index contributed by atoms with van der Waals surface area (Å²) in [5.74, 6) is 2.07. The standard InChI is InChI=1S/C15H20O/c1-4-6-9-11-8(3)12(9)14-10(7-5-2)13(11)15(14)16/h9-10,13H,4-7H2,1-3H3. The van der Waals surface area contributed by atoms with Crippen molar-refractivity contribution in [2.24, 2.45) is 17.8 Å². The van der Waals surface area contributed by atoms with Crippen molar-refractivity contribution in [3.8, 4) is 0 Å². The van der Waals surface area contributed by atoms with E-state index in [-0.39, 0.29) is 0 Å². The quantitative estimate of drug-likeness (QED) is 0.701. The average Bonchev–Trinajstić information content (AvgIpc) is 2.30. The molecule has 1 fully saturated rings. The Balaban J connectivity index is 1.97. The van der Waals surface area contributed by atoms with Gasteiger partial charge in [-0.1, -0.05) is 26.7 Å². The van der Waals surface area contributed by atoms with Crippen molar-refractivity contribution in [3.63, 3.8) is 0 Å². The van der Waals surface area contributed by atoms with Gasteiger partial charge in [-0.2, -0.15) is 0 Å². The number of hydrogen-bond acceptors (Lipinski definition) is 1. The number of Topliss-reactive ketones (excluding diaryl/α,β-unsaturated/α-hetero) is 1. The van der Waals surface area contributed by atoms with Crippen LogP contribution in [0.25, 0.3) is 0 Å². The fraction of sp³-hybridized carbons (Fsp3) is 0.667. The molecule has 0 aromatic carbocycles. The van der Waals surface area contributed by atoms with Crippen LogP contribution in [0.4, 0.5) is 0 Å². The maximum Gasteiger partial charge on any atom is 0.167 e. The van der Waals surface area contributed by atoms with E-state index in [1.807, 2.05) is 0 Å². The molecule has 0 radical (unpaired) electrons. The SMILES string of the molecule is CCCC1C2=C3C(=O)C(C1=C2C)C3CCC. The van der Waals surface area contributed by atoms with E-state index in [1.165, 1.54) is 48.0 Å². The molecule has 0 N–H and O–H groups in total. The molecule has 6 rings (SSSR count). The van der Waals surface area contributed by atoms with Gasteiger partial charge in [0.15, 0.2) is 5.78 Å². The first-order chi connectivity index (χ1) is 7.72. The zero-order chi connectivity index (χ0) is 11.4. The van der Waals surface area contributed by atoms with Gasteiger partial charge in [-0.15, -0.1) is 0 Å². The fourth-order valence-corrected chi connectivity index (χ4v) is 4.10. The van der Waals surface area contributed by atoms with Crippen LogP contribution in [0.5, 0.6) is 0 Å². The normalized spacial score (nSPS) is 35.2. The van der Waals surface area contributed by atoms with E-state index in [9.17, 15) is 4.79 Å². The molecule has 0 saturated heterocycles. The monoisotopic (exact) mass is 216 g/mol. The van der Waals surface area contributed by atoms with Gasteiger partial charge in [0.1, 0.15) is 0 Å². The minimum absolute atomic E-state index is 0.309. The molecule has 1 heteroatoms. The Kier molecular flexibility index (Phi) is 2.14. The molecule has 3 unspecified atom stereocenters. The molecule has 3 atom stereocenters. The van der Waals surface area contributed by atoms with Crippen LogP contribution in [-0.2, 0) is 4.79 Å². The molecule has 0 aromatic rings. The molecule has 86 valence electrons. The molecule has 1 saturated carbocycles. The third-order valence-electron chi connectivity index (χ3n) is 4.68. The number of allylic oxidation sites excluding steroid dienone is 4. The second kappa shape index (κ2) is 3.32. The lowest BCUT2D eigenvalue weighted by Crippen LogP contribution is -2.53. The van der Waals surface area contributed by atoms with Crippen molar-refractivity contribution >= 4 is 5.78 Å². The molecule has 0 amide bonds. The highest BCUT2D eigenvalue weighted by Crippen LogP contribution is 2.64. The van der Waals surface area contributed by atoms with E-state index in [1.54, 1.807) is 0 Å². The number of hydrogen-bond donors (Lipinski definition) is 0. The average molecular weight is 216 g/mol. The van der Waals surface area contributed by atoms with E-state index in [4.69, 9.17) is 0 Å². The largest absolute Gasteiger partial charge is 0.294 e. The summed E-state index contributed by atoms with van der Waals surface area (Å²) in [6, 6.07) is 0. The summed E-state index contributed by atoms with van der Waals surface area (Å²) in [6.07, 6.45) is 4.91.